The highest BCUT2D eigenvalue weighted by molar-refractivity contribution is 7.95. The lowest BCUT2D eigenvalue weighted by atomic mass is 10.1. The number of rotatable bonds is 9. The van der Waals surface area contributed by atoms with Crippen LogP contribution in [0.4, 0.5) is 0 Å². The number of benzene rings is 2. The number of sulfone groups is 1. The fraction of sp³-hybridized carbons (Fsp3) is 0.292. The molecule has 176 valence electrons. The average Bonchev–Trinajstić information content (AvgIpc) is 2.74. The van der Waals surface area contributed by atoms with Gasteiger partial charge < -0.3 is 14.2 Å². The highest BCUT2D eigenvalue weighted by atomic mass is 32.2. The number of hydrogen-bond donors (Lipinski definition) is 0. The maximum atomic E-state index is 13.7. The van der Waals surface area contributed by atoms with Crippen molar-refractivity contribution in [2.75, 3.05) is 6.61 Å². The van der Waals surface area contributed by atoms with Crippen molar-refractivity contribution in [3.63, 3.8) is 0 Å². The molecule has 0 aliphatic heterocycles. The molecule has 0 bridgehead atoms. The zero-order valence-corrected chi connectivity index (χ0v) is 19.6. The molecule has 2 rings (SSSR count). The van der Waals surface area contributed by atoms with Crippen LogP contribution in [0.2, 0.25) is 0 Å². The molecule has 2 aromatic carbocycles. The zero-order chi connectivity index (χ0) is 24.6. The van der Waals surface area contributed by atoms with Gasteiger partial charge >= 0.3 is 17.9 Å². The Hall–Kier alpha value is -3.46. The topological polar surface area (TPSA) is 113 Å². The van der Waals surface area contributed by atoms with Crippen molar-refractivity contribution in [2.45, 2.75) is 44.8 Å². The van der Waals surface area contributed by atoms with E-state index in [1.165, 1.54) is 19.1 Å². The predicted molar refractivity (Wildman–Crippen MR) is 120 cm³/mol. The summed E-state index contributed by atoms with van der Waals surface area (Å²) in [5, 5.41) is 0. The van der Waals surface area contributed by atoms with E-state index in [1.54, 1.807) is 42.5 Å². The molecule has 0 saturated carbocycles. The first kappa shape index (κ1) is 25.8. The SMILES string of the molecule is CC(=O)OCC(/C=C(\[C@H](OC(C)=O)c1ccccc1)S(=O)(=O)c1ccc(C)cc1)OC(C)=O. The van der Waals surface area contributed by atoms with E-state index in [0.29, 0.717) is 5.56 Å². The molecular formula is C24H26O8S. The second-order valence-electron chi connectivity index (χ2n) is 7.24. The monoisotopic (exact) mass is 474 g/mol. The van der Waals surface area contributed by atoms with Crippen LogP contribution in [0.3, 0.4) is 0 Å². The van der Waals surface area contributed by atoms with E-state index in [9.17, 15) is 22.8 Å². The van der Waals surface area contributed by atoms with Crippen LogP contribution in [0.5, 0.6) is 0 Å². The maximum Gasteiger partial charge on any atom is 0.303 e. The molecule has 1 unspecified atom stereocenters. The van der Waals surface area contributed by atoms with Gasteiger partial charge in [0.05, 0.1) is 9.80 Å². The Balaban J connectivity index is 2.72. The Kier molecular flexibility index (Phi) is 8.93. The molecule has 0 spiro atoms. The van der Waals surface area contributed by atoms with Crippen LogP contribution < -0.4 is 0 Å². The Morgan fingerprint density at radius 1 is 0.848 bits per heavy atom. The minimum Gasteiger partial charge on any atom is -0.462 e. The van der Waals surface area contributed by atoms with E-state index >= 15 is 0 Å². The van der Waals surface area contributed by atoms with Crippen LogP contribution in [-0.4, -0.2) is 39.0 Å². The van der Waals surface area contributed by atoms with Gasteiger partial charge in [-0.05, 0) is 30.7 Å². The van der Waals surface area contributed by atoms with Crippen molar-refractivity contribution >= 4 is 27.7 Å². The molecule has 0 N–H and O–H groups in total. The van der Waals surface area contributed by atoms with E-state index in [2.05, 4.69) is 0 Å². The van der Waals surface area contributed by atoms with Gasteiger partial charge in [-0.15, -0.1) is 0 Å². The van der Waals surface area contributed by atoms with Crippen LogP contribution in [0.1, 0.15) is 38.0 Å². The summed E-state index contributed by atoms with van der Waals surface area (Å²) in [4.78, 5) is 34.5. The molecule has 2 aromatic rings. The Labute approximate surface area is 193 Å². The third-order valence-corrected chi connectivity index (χ3v) is 6.27. The molecule has 0 aromatic heterocycles. The molecule has 0 radical (unpaired) electrons. The smallest absolute Gasteiger partial charge is 0.303 e. The molecule has 2 atom stereocenters. The molecule has 0 saturated heterocycles. The summed E-state index contributed by atoms with van der Waals surface area (Å²) >= 11 is 0. The first-order valence-electron chi connectivity index (χ1n) is 10.1. The molecule has 9 heteroatoms. The fourth-order valence-electron chi connectivity index (χ4n) is 2.97. The highest BCUT2D eigenvalue weighted by Crippen LogP contribution is 2.34. The third kappa shape index (κ3) is 7.57. The summed E-state index contributed by atoms with van der Waals surface area (Å²) in [5.41, 5.74) is 1.25. The fourth-order valence-corrected chi connectivity index (χ4v) is 4.53. The second-order valence-corrected chi connectivity index (χ2v) is 9.19. The van der Waals surface area contributed by atoms with Gasteiger partial charge in [0.25, 0.3) is 0 Å². The lowest BCUT2D eigenvalue weighted by Crippen LogP contribution is -2.25. The van der Waals surface area contributed by atoms with Gasteiger partial charge in [-0.1, -0.05) is 48.0 Å². The van der Waals surface area contributed by atoms with Gasteiger partial charge in [-0.3, -0.25) is 14.4 Å². The standard InChI is InChI=1S/C24H26O8S/c1-16-10-12-22(13-11-16)33(28,29)23(14-21(31-18(3)26)15-30-17(2)25)24(32-19(4)27)20-8-6-5-7-9-20/h5-14,21,24H,15H2,1-4H3/b23-14+/t21?,24-/m1/s1. The molecule has 0 amide bonds. The Morgan fingerprint density at radius 3 is 1.94 bits per heavy atom. The summed E-state index contributed by atoms with van der Waals surface area (Å²) in [5.74, 6) is -2.06. The maximum absolute atomic E-state index is 13.7. The van der Waals surface area contributed by atoms with E-state index in [4.69, 9.17) is 14.2 Å². The first-order valence-corrected chi connectivity index (χ1v) is 11.5. The quantitative estimate of drug-likeness (QED) is 0.401. The van der Waals surface area contributed by atoms with Gasteiger partial charge in [0.2, 0.25) is 9.84 Å². The van der Waals surface area contributed by atoms with Crippen LogP contribution in [0.15, 0.2) is 70.5 Å². The number of aryl methyl sites for hydroxylation is 1. The number of carbonyl (C=O) groups excluding carboxylic acids is 3. The van der Waals surface area contributed by atoms with Crippen LogP contribution in [-0.2, 0) is 38.4 Å². The molecule has 0 aliphatic rings. The van der Waals surface area contributed by atoms with Crippen molar-refractivity contribution in [3.8, 4) is 0 Å². The van der Waals surface area contributed by atoms with Crippen molar-refractivity contribution in [3.05, 3.63) is 76.7 Å². The van der Waals surface area contributed by atoms with Crippen LogP contribution in [0, 0.1) is 6.92 Å². The van der Waals surface area contributed by atoms with Gasteiger partial charge in [-0.25, -0.2) is 8.42 Å². The van der Waals surface area contributed by atoms with E-state index < -0.39 is 46.6 Å². The van der Waals surface area contributed by atoms with Gasteiger partial charge in [-0.2, -0.15) is 0 Å². The van der Waals surface area contributed by atoms with Crippen molar-refractivity contribution in [1.82, 2.24) is 0 Å². The number of ether oxygens (including phenoxy) is 3. The summed E-state index contributed by atoms with van der Waals surface area (Å²) in [6.07, 6.45) is -1.42. The molecular weight excluding hydrogens is 448 g/mol. The molecule has 33 heavy (non-hydrogen) atoms. The lowest BCUT2D eigenvalue weighted by Gasteiger charge is -2.23. The van der Waals surface area contributed by atoms with Gasteiger partial charge in [0.1, 0.15) is 6.61 Å². The summed E-state index contributed by atoms with van der Waals surface area (Å²) < 4.78 is 42.9. The minimum atomic E-state index is -4.23. The predicted octanol–water partition coefficient (Wildman–Crippen LogP) is 3.45. The lowest BCUT2D eigenvalue weighted by molar-refractivity contribution is -0.153. The Bertz CT molecular complexity index is 1120. The molecule has 0 heterocycles. The highest BCUT2D eigenvalue weighted by Gasteiger charge is 2.33. The zero-order valence-electron chi connectivity index (χ0n) is 18.8. The van der Waals surface area contributed by atoms with E-state index in [-0.39, 0.29) is 9.80 Å². The van der Waals surface area contributed by atoms with Gasteiger partial charge in [0.15, 0.2) is 12.2 Å². The van der Waals surface area contributed by atoms with Crippen LogP contribution in [0.25, 0.3) is 0 Å². The molecule has 8 nitrogen and oxygen atoms in total. The average molecular weight is 475 g/mol. The van der Waals surface area contributed by atoms with Crippen LogP contribution >= 0.6 is 0 Å². The van der Waals surface area contributed by atoms with Crippen molar-refractivity contribution in [1.29, 1.82) is 0 Å². The second kappa shape index (κ2) is 11.4. The summed E-state index contributed by atoms with van der Waals surface area (Å²) in [6, 6.07) is 14.4. The number of hydrogen-bond acceptors (Lipinski definition) is 8. The third-order valence-electron chi connectivity index (χ3n) is 4.40. The summed E-state index contributed by atoms with van der Waals surface area (Å²) in [7, 11) is -4.23. The van der Waals surface area contributed by atoms with Crippen molar-refractivity contribution < 1.29 is 37.0 Å². The molecule has 0 aliphatic carbocycles. The number of esters is 3. The molecule has 0 fully saturated rings. The minimum absolute atomic E-state index is 0.0403. The van der Waals surface area contributed by atoms with Crippen molar-refractivity contribution in [2.24, 2.45) is 0 Å². The Morgan fingerprint density at radius 2 is 1.42 bits per heavy atom. The first-order chi connectivity index (χ1) is 15.5. The van der Waals surface area contributed by atoms with Gasteiger partial charge in [0, 0.05) is 20.8 Å². The van der Waals surface area contributed by atoms with E-state index in [0.717, 1.165) is 25.5 Å². The largest absolute Gasteiger partial charge is 0.462 e. The van der Waals surface area contributed by atoms with E-state index in [1.807, 2.05) is 6.92 Å². The normalized spacial score (nSPS) is 13.5. The summed E-state index contributed by atoms with van der Waals surface area (Å²) in [6.45, 7) is 4.88. The number of carbonyl (C=O) groups is 3.